The van der Waals surface area contributed by atoms with Crippen molar-refractivity contribution in [1.82, 2.24) is 19.1 Å². The van der Waals surface area contributed by atoms with Crippen LogP contribution in [0.3, 0.4) is 0 Å². The molecule has 0 saturated carbocycles. The summed E-state index contributed by atoms with van der Waals surface area (Å²) in [6, 6.07) is 19.6. The fourth-order valence-corrected chi connectivity index (χ4v) is 4.60. The zero-order valence-electron chi connectivity index (χ0n) is 17.1. The average molecular weight is 446 g/mol. The van der Waals surface area contributed by atoms with E-state index in [0.29, 0.717) is 17.1 Å². The predicted octanol–water partition coefficient (Wildman–Crippen LogP) is 4.02. The van der Waals surface area contributed by atoms with Crippen LogP contribution in [0.15, 0.2) is 96.7 Å². The zero-order valence-corrected chi connectivity index (χ0v) is 17.9. The van der Waals surface area contributed by atoms with E-state index in [1.807, 2.05) is 34.9 Å². The van der Waals surface area contributed by atoms with E-state index in [0.717, 1.165) is 16.7 Å². The Labute approximate surface area is 184 Å². The van der Waals surface area contributed by atoms with Gasteiger partial charge in [0.05, 0.1) is 40.7 Å². The highest BCUT2D eigenvalue weighted by Crippen LogP contribution is 2.28. The summed E-state index contributed by atoms with van der Waals surface area (Å²) >= 11 is 0. The van der Waals surface area contributed by atoms with Gasteiger partial charge in [-0.2, -0.15) is 0 Å². The van der Waals surface area contributed by atoms with Gasteiger partial charge in [-0.3, -0.25) is 9.29 Å². The zero-order chi connectivity index (χ0) is 22.1. The van der Waals surface area contributed by atoms with E-state index < -0.39 is 10.0 Å². The third-order valence-corrected chi connectivity index (χ3v) is 6.45. The predicted molar refractivity (Wildman–Crippen MR) is 122 cm³/mol. The third kappa shape index (κ3) is 3.58. The molecule has 5 aromatic rings. The summed E-state index contributed by atoms with van der Waals surface area (Å²) in [5.41, 5.74) is 3.73. The molecular weight excluding hydrogens is 426 g/mol. The molecule has 0 radical (unpaired) electrons. The van der Waals surface area contributed by atoms with Gasteiger partial charge in [-0.25, -0.2) is 18.4 Å². The Balaban J connectivity index is 1.47. The number of hydrogen-bond acceptors (Lipinski definition) is 5. The molecular formula is C23H19N5O3S. The molecule has 0 spiro atoms. The maximum atomic E-state index is 13.1. The Hall–Kier alpha value is -4.11. The van der Waals surface area contributed by atoms with Gasteiger partial charge in [-0.1, -0.05) is 18.2 Å². The average Bonchev–Trinajstić information content (AvgIpc) is 3.49. The molecule has 2 aromatic heterocycles. The molecule has 0 fully saturated rings. The summed E-state index contributed by atoms with van der Waals surface area (Å²) in [7, 11) is -2.34. The first-order chi connectivity index (χ1) is 15.5. The molecule has 0 aliphatic rings. The number of hydrogen-bond donors (Lipinski definition) is 1. The van der Waals surface area contributed by atoms with Crippen molar-refractivity contribution in [1.29, 1.82) is 0 Å². The number of rotatable bonds is 6. The van der Waals surface area contributed by atoms with E-state index >= 15 is 0 Å². The van der Waals surface area contributed by atoms with Crippen LogP contribution in [0.5, 0.6) is 5.75 Å². The molecule has 2 heterocycles. The van der Waals surface area contributed by atoms with Crippen molar-refractivity contribution >= 4 is 26.7 Å². The molecule has 1 N–H and O–H groups in total. The van der Waals surface area contributed by atoms with E-state index in [2.05, 4.69) is 14.7 Å². The van der Waals surface area contributed by atoms with Crippen LogP contribution in [0.25, 0.3) is 22.4 Å². The number of nitrogens with zero attached hydrogens (tertiary/aromatic N) is 4. The number of aromatic nitrogens is 4. The van der Waals surface area contributed by atoms with Gasteiger partial charge in [0, 0.05) is 24.1 Å². The molecule has 0 saturated heterocycles. The Morgan fingerprint density at radius 3 is 2.66 bits per heavy atom. The second-order valence-electron chi connectivity index (χ2n) is 7.06. The van der Waals surface area contributed by atoms with Crippen LogP contribution >= 0.6 is 0 Å². The number of benzene rings is 3. The largest absolute Gasteiger partial charge is 0.495 e. The quantitative estimate of drug-likeness (QED) is 0.426. The maximum absolute atomic E-state index is 13.1. The van der Waals surface area contributed by atoms with Crippen LogP contribution < -0.4 is 9.46 Å². The van der Waals surface area contributed by atoms with Gasteiger partial charge in [0.25, 0.3) is 10.0 Å². The first-order valence-corrected chi connectivity index (χ1v) is 11.3. The summed E-state index contributed by atoms with van der Waals surface area (Å²) in [5, 5.41) is 0. The molecule has 8 nitrogen and oxygen atoms in total. The normalized spacial score (nSPS) is 11.5. The number of ether oxygens (including phenoxy) is 1. The highest BCUT2D eigenvalue weighted by Gasteiger charge is 2.18. The number of imidazole rings is 2. The van der Waals surface area contributed by atoms with Crippen molar-refractivity contribution < 1.29 is 13.2 Å². The minimum Gasteiger partial charge on any atom is -0.495 e. The van der Waals surface area contributed by atoms with Gasteiger partial charge in [-0.05, 0) is 42.5 Å². The highest BCUT2D eigenvalue weighted by atomic mass is 32.2. The Morgan fingerprint density at radius 2 is 1.84 bits per heavy atom. The third-order valence-electron chi connectivity index (χ3n) is 5.07. The smallest absolute Gasteiger partial charge is 0.262 e. The maximum Gasteiger partial charge on any atom is 0.262 e. The minimum atomic E-state index is -3.84. The first kappa shape index (κ1) is 19.8. The van der Waals surface area contributed by atoms with Gasteiger partial charge in [0.15, 0.2) is 0 Å². The SMILES string of the molecule is COc1cc(S(=O)(=O)Nc2cccc(-n3cnc4ccccc43)c2)ccc1-n1ccnc1. The van der Waals surface area contributed by atoms with Gasteiger partial charge in [0.2, 0.25) is 0 Å². The molecule has 0 aliphatic carbocycles. The molecule has 160 valence electrons. The minimum absolute atomic E-state index is 0.0942. The summed E-state index contributed by atoms with van der Waals surface area (Å²) in [6.07, 6.45) is 6.74. The first-order valence-electron chi connectivity index (χ1n) is 9.77. The molecule has 0 bridgehead atoms. The van der Waals surface area contributed by atoms with Crippen LogP contribution in [-0.2, 0) is 10.0 Å². The van der Waals surface area contributed by atoms with Gasteiger partial charge in [0.1, 0.15) is 12.1 Å². The van der Waals surface area contributed by atoms with Crippen molar-refractivity contribution in [3.63, 3.8) is 0 Å². The summed E-state index contributed by atoms with van der Waals surface area (Å²) in [4.78, 5) is 8.51. The van der Waals surface area contributed by atoms with E-state index in [-0.39, 0.29) is 4.90 Å². The second kappa shape index (κ2) is 7.86. The number of para-hydroxylation sites is 2. The molecule has 5 rings (SSSR count). The van der Waals surface area contributed by atoms with Crippen molar-refractivity contribution in [2.75, 3.05) is 11.8 Å². The lowest BCUT2D eigenvalue weighted by molar-refractivity contribution is 0.411. The number of nitrogens with one attached hydrogen (secondary N) is 1. The van der Waals surface area contributed by atoms with E-state index in [4.69, 9.17) is 4.74 Å². The van der Waals surface area contributed by atoms with E-state index in [9.17, 15) is 8.42 Å². The summed E-state index contributed by atoms with van der Waals surface area (Å²) in [6.45, 7) is 0. The lowest BCUT2D eigenvalue weighted by atomic mass is 10.2. The molecule has 9 heteroatoms. The van der Waals surface area contributed by atoms with Crippen LogP contribution in [0.4, 0.5) is 5.69 Å². The molecule has 32 heavy (non-hydrogen) atoms. The molecule has 0 atom stereocenters. The highest BCUT2D eigenvalue weighted by molar-refractivity contribution is 7.92. The lowest BCUT2D eigenvalue weighted by Crippen LogP contribution is -2.13. The molecule has 0 amide bonds. The number of fused-ring (bicyclic) bond motifs is 1. The van der Waals surface area contributed by atoms with Crippen LogP contribution in [0, 0.1) is 0 Å². The van der Waals surface area contributed by atoms with Crippen molar-refractivity contribution in [2.45, 2.75) is 4.90 Å². The number of anilines is 1. The second-order valence-corrected chi connectivity index (χ2v) is 8.75. The van der Waals surface area contributed by atoms with Crippen LogP contribution in [0.2, 0.25) is 0 Å². The van der Waals surface area contributed by atoms with Crippen molar-refractivity contribution in [3.05, 3.63) is 91.8 Å². The standard InChI is InChI=1S/C23H19N5O3S/c1-31-23-14-19(9-10-22(23)27-12-11-24-15-27)32(29,30)26-17-5-4-6-18(13-17)28-16-25-20-7-2-3-8-21(20)28/h2-16,26H,1H3. The van der Waals surface area contributed by atoms with E-state index in [1.54, 1.807) is 53.9 Å². The summed E-state index contributed by atoms with van der Waals surface area (Å²) in [5.74, 6) is 0.421. The Morgan fingerprint density at radius 1 is 0.969 bits per heavy atom. The molecule has 3 aromatic carbocycles. The Bertz CT molecular complexity index is 1510. The Kier molecular flexibility index (Phi) is 4.87. The number of methoxy groups -OCH3 is 1. The van der Waals surface area contributed by atoms with Gasteiger partial charge >= 0.3 is 0 Å². The lowest BCUT2D eigenvalue weighted by Gasteiger charge is -2.13. The van der Waals surface area contributed by atoms with Gasteiger partial charge < -0.3 is 9.30 Å². The van der Waals surface area contributed by atoms with Gasteiger partial charge in [-0.15, -0.1) is 0 Å². The van der Waals surface area contributed by atoms with Crippen LogP contribution in [0.1, 0.15) is 0 Å². The monoisotopic (exact) mass is 445 g/mol. The van der Waals surface area contributed by atoms with Crippen molar-refractivity contribution in [2.24, 2.45) is 0 Å². The van der Waals surface area contributed by atoms with Crippen LogP contribution in [-0.4, -0.2) is 34.6 Å². The number of sulfonamides is 1. The fourth-order valence-electron chi connectivity index (χ4n) is 3.54. The van der Waals surface area contributed by atoms with Crippen molar-refractivity contribution in [3.8, 4) is 17.1 Å². The van der Waals surface area contributed by atoms with E-state index in [1.165, 1.54) is 19.2 Å². The molecule has 0 unspecified atom stereocenters. The summed E-state index contributed by atoms with van der Waals surface area (Å²) < 4.78 is 37.9. The topological polar surface area (TPSA) is 91.0 Å². The fraction of sp³-hybridized carbons (Fsp3) is 0.0435. The molecule has 0 aliphatic heterocycles.